The quantitative estimate of drug-likeness (QED) is 0.879. The number of rotatable bonds is 2. The molecule has 1 unspecified atom stereocenters. The lowest BCUT2D eigenvalue weighted by Gasteiger charge is -2.54. The summed E-state index contributed by atoms with van der Waals surface area (Å²) in [6.45, 7) is 4.40. The SMILES string of the molecule is CC12CCC(CC1)C(C)(CO)O2.O=C(O)c1ccccc1. The van der Waals surface area contributed by atoms with E-state index in [-0.39, 0.29) is 17.8 Å². The molecule has 1 aromatic carbocycles. The highest BCUT2D eigenvalue weighted by Gasteiger charge is 2.50. The summed E-state index contributed by atoms with van der Waals surface area (Å²) in [5.41, 5.74) is 0.148. The molecule has 4 rings (SSSR count). The van der Waals surface area contributed by atoms with Crippen LogP contribution in [-0.4, -0.2) is 34.0 Å². The molecule has 0 aromatic heterocycles. The van der Waals surface area contributed by atoms with Crippen LogP contribution in [0.2, 0.25) is 0 Å². The molecular weight excluding hydrogens is 268 g/mol. The Balaban J connectivity index is 0.000000161. The van der Waals surface area contributed by atoms with Crippen molar-refractivity contribution in [2.75, 3.05) is 6.61 Å². The molecular formula is C17H24O4. The maximum atomic E-state index is 10.2. The third-order valence-electron chi connectivity index (χ3n) is 4.72. The molecule has 0 radical (unpaired) electrons. The summed E-state index contributed by atoms with van der Waals surface area (Å²) in [5, 5.41) is 17.6. The first-order valence-corrected chi connectivity index (χ1v) is 7.48. The lowest BCUT2D eigenvalue weighted by atomic mass is 9.68. The van der Waals surface area contributed by atoms with Gasteiger partial charge >= 0.3 is 5.97 Å². The molecule has 21 heavy (non-hydrogen) atoms. The molecule has 4 heteroatoms. The molecule has 2 saturated heterocycles. The van der Waals surface area contributed by atoms with Crippen LogP contribution < -0.4 is 0 Å². The van der Waals surface area contributed by atoms with Crippen molar-refractivity contribution in [3.63, 3.8) is 0 Å². The van der Waals surface area contributed by atoms with Gasteiger partial charge in [0.05, 0.1) is 23.4 Å². The van der Waals surface area contributed by atoms with Crippen LogP contribution in [0, 0.1) is 5.92 Å². The number of aliphatic hydroxyl groups is 1. The first-order valence-electron chi connectivity index (χ1n) is 7.48. The van der Waals surface area contributed by atoms with E-state index in [1.54, 1.807) is 30.3 Å². The summed E-state index contributed by atoms with van der Waals surface area (Å²) >= 11 is 0. The number of ether oxygens (including phenoxy) is 1. The van der Waals surface area contributed by atoms with Gasteiger partial charge in [-0.3, -0.25) is 0 Å². The maximum absolute atomic E-state index is 10.2. The predicted octanol–water partition coefficient (Wildman–Crippen LogP) is 3.10. The molecule has 1 aliphatic carbocycles. The van der Waals surface area contributed by atoms with Crippen LogP contribution in [0.15, 0.2) is 30.3 Å². The Hall–Kier alpha value is -1.39. The molecule has 2 heterocycles. The standard InChI is InChI=1S/C10H18O2.C7H6O2/c1-9-5-3-8(4-6-9)10(2,7-11)12-9;8-7(9)6-4-2-1-3-5-6/h8,11H,3-7H2,1-2H3;1-5H,(H,8,9). The van der Waals surface area contributed by atoms with Gasteiger partial charge in [0.15, 0.2) is 0 Å². The fourth-order valence-electron chi connectivity index (χ4n) is 3.33. The van der Waals surface area contributed by atoms with E-state index in [0.717, 1.165) is 0 Å². The topological polar surface area (TPSA) is 66.8 Å². The van der Waals surface area contributed by atoms with Gasteiger partial charge in [0, 0.05) is 0 Å². The monoisotopic (exact) mass is 292 g/mol. The first kappa shape index (κ1) is 16.0. The number of carboxylic acids is 1. The number of benzene rings is 1. The molecule has 1 aromatic rings. The Morgan fingerprint density at radius 2 is 1.81 bits per heavy atom. The van der Waals surface area contributed by atoms with Crippen LogP contribution >= 0.6 is 0 Å². The Labute approximate surface area is 125 Å². The number of hydrogen-bond donors (Lipinski definition) is 2. The van der Waals surface area contributed by atoms with E-state index in [1.807, 2.05) is 6.92 Å². The summed E-state index contributed by atoms with van der Waals surface area (Å²) in [5.74, 6) is -0.292. The molecule has 2 aliphatic heterocycles. The zero-order valence-corrected chi connectivity index (χ0v) is 12.7. The Morgan fingerprint density at radius 1 is 1.24 bits per heavy atom. The Bertz CT molecular complexity index is 477. The highest BCUT2D eigenvalue weighted by atomic mass is 16.5. The largest absolute Gasteiger partial charge is 0.478 e. The number of hydrogen-bond acceptors (Lipinski definition) is 3. The second-order valence-corrected chi connectivity index (χ2v) is 6.47. The predicted molar refractivity (Wildman–Crippen MR) is 80.3 cm³/mol. The van der Waals surface area contributed by atoms with Gasteiger partial charge in [-0.1, -0.05) is 18.2 Å². The fraction of sp³-hybridized carbons (Fsp3) is 0.588. The molecule has 0 amide bonds. The number of aromatic carboxylic acids is 1. The van der Waals surface area contributed by atoms with E-state index in [9.17, 15) is 9.90 Å². The molecule has 1 atom stereocenters. The highest BCUT2D eigenvalue weighted by Crippen LogP contribution is 2.49. The van der Waals surface area contributed by atoms with Crippen molar-refractivity contribution < 1.29 is 19.7 Å². The average molecular weight is 292 g/mol. The van der Waals surface area contributed by atoms with Gasteiger partial charge in [-0.15, -0.1) is 0 Å². The average Bonchev–Trinajstić information content (AvgIpc) is 2.49. The van der Waals surface area contributed by atoms with Crippen molar-refractivity contribution in [1.82, 2.24) is 0 Å². The van der Waals surface area contributed by atoms with Crippen molar-refractivity contribution in [3.8, 4) is 0 Å². The second-order valence-electron chi connectivity index (χ2n) is 6.47. The van der Waals surface area contributed by atoms with Crippen LogP contribution in [0.3, 0.4) is 0 Å². The molecule has 1 saturated carbocycles. The van der Waals surface area contributed by atoms with Gasteiger partial charge in [-0.25, -0.2) is 4.79 Å². The minimum absolute atomic E-state index is 0.0617. The van der Waals surface area contributed by atoms with Crippen molar-refractivity contribution >= 4 is 5.97 Å². The molecule has 2 bridgehead atoms. The van der Waals surface area contributed by atoms with Crippen LogP contribution in [0.25, 0.3) is 0 Å². The fourth-order valence-corrected chi connectivity index (χ4v) is 3.33. The van der Waals surface area contributed by atoms with E-state index in [0.29, 0.717) is 11.5 Å². The van der Waals surface area contributed by atoms with Crippen LogP contribution in [0.1, 0.15) is 49.9 Å². The number of aliphatic hydroxyl groups excluding tert-OH is 1. The van der Waals surface area contributed by atoms with Crippen LogP contribution in [0.4, 0.5) is 0 Å². The van der Waals surface area contributed by atoms with Gasteiger partial charge in [0.2, 0.25) is 0 Å². The van der Waals surface area contributed by atoms with Crippen LogP contribution in [-0.2, 0) is 4.74 Å². The zero-order chi connectivity index (χ0) is 15.5. The molecule has 2 N–H and O–H groups in total. The summed E-state index contributed by atoms with van der Waals surface area (Å²) in [7, 11) is 0. The minimum atomic E-state index is -0.879. The second kappa shape index (κ2) is 6.16. The van der Waals surface area contributed by atoms with E-state index < -0.39 is 5.97 Å². The Morgan fingerprint density at radius 3 is 2.14 bits per heavy atom. The van der Waals surface area contributed by atoms with E-state index >= 15 is 0 Å². The van der Waals surface area contributed by atoms with Gasteiger partial charge in [-0.2, -0.15) is 0 Å². The first-order chi connectivity index (χ1) is 9.88. The van der Waals surface area contributed by atoms with Crippen molar-refractivity contribution in [2.45, 2.75) is 50.7 Å². The van der Waals surface area contributed by atoms with E-state index in [4.69, 9.17) is 9.84 Å². The van der Waals surface area contributed by atoms with Gasteiger partial charge in [0.1, 0.15) is 0 Å². The third-order valence-corrected chi connectivity index (χ3v) is 4.72. The van der Waals surface area contributed by atoms with Crippen molar-refractivity contribution in [1.29, 1.82) is 0 Å². The smallest absolute Gasteiger partial charge is 0.335 e. The lowest BCUT2D eigenvalue weighted by molar-refractivity contribution is -0.250. The minimum Gasteiger partial charge on any atom is -0.478 e. The number of fused-ring (bicyclic) bond motifs is 3. The van der Waals surface area contributed by atoms with E-state index in [1.165, 1.54) is 25.7 Å². The highest BCUT2D eigenvalue weighted by molar-refractivity contribution is 5.87. The van der Waals surface area contributed by atoms with E-state index in [2.05, 4.69) is 6.92 Å². The summed E-state index contributed by atoms with van der Waals surface area (Å²) in [6, 6.07) is 8.30. The normalized spacial score (nSPS) is 34.0. The molecule has 3 fully saturated rings. The van der Waals surface area contributed by atoms with Crippen molar-refractivity contribution in [3.05, 3.63) is 35.9 Å². The molecule has 116 valence electrons. The van der Waals surface area contributed by atoms with Gasteiger partial charge < -0.3 is 14.9 Å². The molecule has 3 aliphatic rings. The van der Waals surface area contributed by atoms with Gasteiger partial charge in [-0.05, 0) is 57.6 Å². The maximum Gasteiger partial charge on any atom is 0.335 e. The molecule has 4 nitrogen and oxygen atoms in total. The third kappa shape index (κ3) is 3.63. The summed E-state index contributed by atoms with van der Waals surface area (Å²) in [6.07, 6.45) is 4.81. The summed E-state index contributed by atoms with van der Waals surface area (Å²) in [4.78, 5) is 10.2. The summed E-state index contributed by atoms with van der Waals surface area (Å²) < 4.78 is 5.96. The number of carbonyl (C=O) groups is 1. The lowest BCUT2D eigenvalue weighted by Crippen LogP contribution is -2.57. The Kier molecular flexibility index (Phi) is 4.69. The zero-order valence-electron chi connectivity index (χ0n) is 12.7. The molecule has 0 spiro atoms. The van der Waals surface area contributed by atoms with Crippen molar-refractivity contribution in [2.24, 2.45) is 5.92 Å². The van der Waals surface area contributed by atoms with Gasteiger partial charge in [0.25, 0.3) is 0 Å². The number of carboxylic acid groups (broad SMARTS) is 1. The van der Waals surface area contributed by atoms with Crippen LogP contribution in [0.5, 0.6) is 0 Å².